The zero-order valence-electron chi connectivity index (χ0n) is 7.43. The Morgan fingerprint density at radius 2 is 2.46 bits per heavy atom. The lowest BCUT2D eigenvalue weighted by molar-refractivity contribution is -0.151. The Kier molecular flexibility index (Phi) is 3.14. The van der Waals surface area contributed by atoms with Crippen LogP contribution in [-0.2, 0) is 14.3 Å². The van der Waals surface area contributed by atoms with Crippen molar-refractivity contribution in [1.82, 2.24) is 5.32 Å². The summed E-state index contributed by atoms with van der Waals surface area (Å²) in [5.74, 6) is -1.09. The lowest BCUT2D eigenvalue weighted by Crippen LogP contribution is -2.53. The van der Waals surface area contributed by atoms with Crippen molar-refractivity contribution in [2.75, 3.05) is 13.2 Å². The Bertz CT molecular complexity index is 231. The summed E-state index contributed by atoms with van der Waals surface area (Å²) in [7, 11) is 0. The van der Waals surface area contributed by atoms with Gasteiger partial charge in [-0.2, -0.15) is 0 Å². The number of amides is 1. The summed E-state index contributed by atoms with van der Waals surface area (Å²) in [6.07, 6.45) is 1.05. The number of hydrogen-bond acceptors (Lipinski definition) is 3. The van der Waals surface area contributed by atoms with Gasteiger partial charge in [-0.25, -0.2) is 4.79 Å². The van der Waals surface area contributed by atoms with Gasteiger partial charge in [-0.05, 0) is 19.8 Å². The number of piperidine rings is 1. The molecule has 1 saturated heterocycles. The lowest BCUT2D eigenvalue weighted by Gasteiger charge is -2.27. The molecule has 0 aromatic heterocycles. The molecule has 0 spiro atoms. The molecule has 1 unspecified atom stereocenters. The van der Waals surface area contributed by atoms with E-state index in [-0.39, 0.29) is 6.61 Å². The first kappa shape index (κ1) is 10.3. The molecule has 0 saturated carbocycles. The molecule has 5 heteroatoms. The van der Waals surface area contributed by atoms with E-state index in [0.717, 1.165) is 0 Å². The minimum Gasteiger partial charge on any atom is -0.464 e. The third kappa shape index (κ3) is 1.94. The predicted octanol–water partition coefficient (Wildman–Crippen LogP) is 0.437. The highest BCUT2D eigenvalue weighted by Gasteiger charge is 2.46. The van der Waals surface area contributed by atoms with Crippen molar-refractivity contribution in [3.8, 4) is 0 Å². The van der Waals surface area contributed by atoms with Crippen LogP contribution in [0.4, 0.5) is 0 Å². The summed E-state index contributed by atoms with van der Waals surface area (Å²) in [4.78, 5) is 21.1. The third-order valence-corrected chi connectivity index (χ3v) is 2.46. The molecular weight excluding hydrogens is 194 g/mol. The third-order valence-electron chi connectivity index (χ3n) is 1.94. The van der Waals surface area contributed by atoms with Crippen molar-refractivity contribution in [3.63, 3.8) is 0 Å². The minimum absolute atomic E-state index is 0.237. The first-order chi connectivity index (χ1) is 6.11. The number of alkyl halides is 1. The molecule has 1 atom stereocenters. The monoisotopic (exact) mass is 205 g/mol. The molecule has 0 radical (unpaired) electrons. The van der Waals surface area contributed by atoms with Gasteiger partial charge in [0.1, 0.15) is 0 Å². The molecule has 0 aliphatic carbocycles. The highest BCUT2D eigenvalue weighted by Crippen LogP contribution is 2.26. The number of carbonyl (C=O) groups excluding carboxylic acids is 2. The van der Waals surface area contributed by atoms with Gasteiger partial charge in [0.05, 0.1) is 6.61 Å². The molecule has 1 rings (SSSR count). The van der Waals surface area contributed by atoms with Gasteiger partial charge in [0.2, 0.25) is 4.87 Å². The maximum absolute atomic E-state index is 11.3. The van der Waals surface area contributed by atoms with Crippen LogP contribution < -0.4 is 5.32 Å². The fourth-order valence-electron chi connectivity index (χ4n) is 1.23. The fourth-order valence-corrected chi connectivity index (χ4v) is 1.48. The number of nitrogens with one attached hydrogen (secondary N) is 1. The molecule has 1 amide bonds. The van der Waals surface area contributed by atoms with Gasteiger partial charge in [0.15, 0.2) is 0 Å². The van der Waals surface area contributed by atoms with Crippen LogP contribution in [-0.4, -0.2) is 29.9 Å². The summed E-state index contributed by atoms with van der Waals surface area (Å²) in [6.45, 7) is 2.49. The van der Waals surface area contributed by atoms with Crippen LogP contribution in [0.5, 0.6) is 0 Å². The number of carbonyl (C=O) groups is 2. The second-order valence-corrected chi connectivity index (χ2v) is 3.53. The molecular formula is C8H12ClNO3. The quantitative estimate of drug-likeness (QED) is 0.404. The predicted molar refractivity (Wildman–Crippen MR) is 47.5 cm³/mol. The molecule has 1 fully saturated rings. The summed E-state index contributed by atoms with van der Waals surface area (Å²) >= 11 is 5.87. The van der Waals surface area contributed by atoms with Crippen LogP contribution in [0, 0.1) is 0 Å². The largest absolute Gasteiger partial charge is 0.464 e. The van der Waals surface area contributed by atoms with Crippen LogP contribution >= 0.6 is 11.6 Å². The van der Waals surface area contributed by atoms with Crippen molar-refractivity contribution < 1.29 is 14.3 Å². The molecule has 1 aliphatic rings. The van der Waals surface area contributed by atoms with Gasteiger partial charge in [0, 0.05) is 6.54 Å². The Morgan fingerprint density at radius 1 is 1.77 bits per heavy atom. The van der Waals surface area contributed by atoms with Crippen molar-refractivity contribution >= 4 is 23.5 Å². The standard InChI is InChI=1S/C8H12ClNO3/c1-2-13-7(12)8(9)4-3-5-10-6(8)11/h2-5H2,1H3,(H,10,11). The summed E-state index contributed by atoms with van der Waals surface area (Å²) < 4.78 is 4.72. The molecule has 1 heterocycles. The van der Waals surface area contributed by atoms with Gasteiger partial charge in [0.25, 0.3) is 5.91 Å². The van der Waals surface area contributed by atoms with Gasteiger partial charge < -0.3 is 10.1 Å². The van der Waals surface area contributed by atoms with E-state index >= 15 is 0 Å². The van der Waals surface area contributed by atoms with Crippen LogP contribution in [0.2, 0.25) is 0 Å². The SMILES string of the molecule is CCOC(=O)C1(Cl)CCCNC1=O. The zero-order valence-corrected chi connectivity index (χ0v) is 8.19. The van der Waals surface area contributed by atoms with Crippen LogP contribution in [0.25, 0.3) is 0 Å². The Balaban J connectivity index is 2.71. The fraction of sp³-hybridized carbons (Fsp3) is 0.750. The van der Waals surface area contributed by atoms with Crippen molar-refractivity contribution in [2.24, 2.45) is 0 Å². The molecule has 0 bridgehead atoms. The summed E-state index contributed by atoms with van der Waals surface area (Å²) in [6, 6.07) is 0. The lowest BCUT2D eigenvalue weighted by atomic mass is 9.98. The van der Waals surface area contributed by atoms with Crippen LogP contribution in [0.15, 0.2) is 0 Å². The van der Waals surface area contributed by atoms with Gasteiger partial charge >= 0.3 is 5.97 Å². The van der Waals surface area contributed by atoms with E-state index in [2.05, 4.69) is 5.32 Å². The van der Waals surface area contributed by atoms with Gasteiger partial charge in [-0.1, -0.05) is 11.6 Å². The summed E-state index contributed by atoms with van der Waals surface area (Å²) in [5, 5.41) is 2.54. The van der Waals surface area contributed by atoms with E-state index in [0.29, 0.717) is 19.4 Å². The topological polar surface area (TPSA) is 55.4 Å². The zero-order chi connectivity index (χ0) is 9.90. The minimum atomic E-state index is -1.49. The Labute approximate surface area is 81.6 Å². The molecule has 1 aliphatic heterocycles. The maximum atomic E-state index is 11.3. The van der Waals surface area contributed by atoms with Crippen LogP contribution in [0.3, 0.4) is 0 Å². The molecule has 13 heavy (non-hydrogen) atoms. The molecule has 1 N–H and O–H groups in total. The first-order valence-electron chi connectivity index (χ1n) is 4.25. The van der Waals surface area contributed by atoms with E-state index in [1.165, 1.54) is 0 Å². The summed E-state index contributed by atoms with van der Waals surface area (Å²) in [5.41, 5.74) is 0. The highest BCUT2D eigenvalue weighted by molar-refractivity contribution is 6.45. The molecule has 0 aromatic carbocycles. The molecule has 74 valence electrons. The second-order valence-electron chi connectivity index (χ2n) is 2.88. The Hall–Kier alpha value is -0.770. The van der Waals surface area contributed by atoms with E-state index in [4.69, 9.17) is 16.3 Å². The van der Waals surface area contributed by atoms with E-state index in [1.807, 2.05) is 0 Å². The normalized spacial score (nSPS) is 28.0. The number of hydrogen-bond donors (Lipinski definition) is 1. The van der Waals surface area contributed by atoms with Crippen molar-refractivity contribution in [1.29, 1.82) is 0 Å². The number of esters is 1. The van der Waals surface area contributed by atoms with E-state index < -0.39 is 16.8 Å². The van der Waals surface area contributed by atoms with E-state index in [1.54, 1.807) is 6.92 Å². The van der Waals surface area contributed by atoms with Crippen molar-refractivity contribution in [3.05, 3.63) is 0 Å². The highest BCUT2D eigenvalue weighted by atomic mass is 35.5. The van der Waals surface area contributed by atoms with Crippen LogP contribution in [0.1, 0.15) is 19.8 Å². The second kappa shape index (κ2) is 3.96. The molecule has 0 aromatic rings. The number of rotatable bonds is 2. The average molecular weight is 206 g/mol. The molecule has 4 nitrogen and oxygen atoms in total. The van der Waals surface area contributed by atoms with Gasteiger partial charge in [-0.3, -0.25) is 4.79 Å². The smallest absolute Gasteiger partial charge is 0.336 e. The van der Waals surface area contributed by atoms with Gasteiger partial charge in [-0.15, -0.1) is 0 Å². The average Bonchev–Trinajstić information content (AvgIpc) is 2.11. The van der Waals surface area contributed by atoms with Crippen molar-refractivity contribution in [2.45, 2.75) is 24.6 Å². The Morgan fingerprint density at radius 3 is 3.00 bits per heavy atom. The number of ether oxygens (including phenoxy) is 1. The first-order valence-corrected chi connectivity index (χ1v) is 4.63. The maximum Gasteiger partial charge on any atom is 0.336 e. The van der Waals surface area contributed by atoms with E-state index in [9.17, 15) is 9.59 Å². The number of halogens is 1.